The Kier molecular flexibility index (Phi) is 6.39. The van der Waals surface area contributed by atoms with Gasteiger partial charge >= 0.3 is 0 Å². The molecule has 3 rings (SSSR count). The molecule has 0 unspecified atom stereocenters. The number of carbonyl (C=O) groups is 1. The van der Waals surface area contributed by atoms with E-state index in [4.69, 9.17) is 4.74 Å². The summed E-state index contributed by atoms with van der Waals surface area (Å²) >= 11 is 0. The highest BCUT2D eigenvalue weighted by atomic mass is 16.5. The van der Waals surface area contributed by atoms with Gasteiger partial charge in [-0.1, -0.05) is 26.0 Å². The summed E-state index contributed by atoms with van der Waals surface area (Å²) in [7, 11) is 1.60. The molecule has 0 radical (unpaired) electrons. The van der Waals surface area contributed by atoms with Crippen molar-refractivity contribution in [3.8, 4) is 17.1 Å². The van der Waals surface area contributed by atoms with Gasteiger partial charge in [-0.05, 0) is 35.7 Å². The van der Waals surface area contributed by atoms with Gasteiger partial charge in [-0.3, -0.25) is 14.6 Å². The number of carbonyl (C=O) groups excluding carboxylic acids is 1. The number of nitrogens with zero attached hydrogens (tertiary/aromatic N) is 2. The predicted molar refractivity (Wildman–Crippen MR) is 111 cm³/mol. The van der Waals surface area contributed by atoms with Crippen molar-refractivity contribution < 1.29 is 9.53 Å². The van der Waals surface area contributed by atoms with Crippen molar-refractivity contribution in [3.05, 3.63) is 76.5 Å². The van der Waals surface area contributed by atoms with Crippen LogP contribution in [0.1, 0.15) is 31.1 Å². The van der Waals surface area contributed by atoms with Crippen LogP contribution in [0.4, 0.5) is 0 Å². The topological polar surface area (TPSA) is 97.0 Å². The van der Waals surface area contributed by atoms with E-state index in [0.29, 0.717) is 17.1 Å². The van der Waals surface area contributed by atoms with Crippen molar-refractivity contribution in [2.75, 3.05) is 7.11 Å². The van der Waals surface area contributed by atoms with Gasteiger partial charge in [0.2, 0.25) is 5.91 Å². The number of H-pyrrole nitrogens is 1. The molecule has 7 nitrogen and oxygen atoms in total. The second-order valence-corrected chi connectivity index (χ2v) is 7.07. The standard InChI is InChI=1S/C22H24N4O3/c1-14(2)21(25-19(27)11-15-6-8-17(29-3)9-7-15)18-12-20(28)26-22(24-18)16-5-4-10-23-13-16/h4-10,12-14,21H,11H2,1-3H3,(H,25,27)(H,24,26,28)/t21-/m1/s1. The molecule has 150 valence electrons. The number of hydrogen-bond donors (Lipinski definition) is 2. The molecule has 0 bridgehead atoms. The van der Waals surface area contributed by atoms with Crippen LogP contribution in [0.3, 0.4) is 0 Å². The highest BCUT2D eigenvalue weighted by molar-refractivity contribution is 5.79. The Morgan fingerprint density at radius 3 is 2.59 bits per heavy atom. The third-order valence-electron chi connectivity index (χ3n) is 4.52. The number of hydrogen-bond acceptors (Lipinski definition) is 5. The molecule has 2 N–H and O–H groups in total. The molecule has 1 atom stereocenters. The fourth-order valence-corrected chi connectivity index (χ4v) is 3.01. The lowest BCUT2D eigenvalue weighted by Crippen LogP contribution is -2.34. The molecule has 0 saturated heterocycles. The van der Waals surface area contributed by atoms with Crippen LogP contribution in [0, 0.1) is 5.92 Å². The van der Waals surface area contributed by atoms with Crippen molar-refractivity contribution in [1.82, 2.24) is 20.3 Å². The molecule has 1 aromatic carbocycles. The van der Waals surface area contributed by atoms with E-state index in [1.54, 1.807) is 25.6 Å². The van der Waals surface area contributed by atoms with Crippen molar-refractivity contribution in [2.45, 2.75) is 26.3 Å². The lowest BCUT2D eigenvalue weighted by molar-refractivity contribution is -0.121. The van der Waals surface area contributed by atoms with Gasteiger partial charge in [0.25, 0.3) is 5.56 Å². The van der Waals surface area contributed by atoms with E-state index in [9.17, 15) is 9.59 Å². The number of pyridine rings is 1. The lowest BCUT2D eigenvalue weighted by Gasteiger charge is -2.22. The van der Waals surface area contributed by atoms with Crippen LogP contribution in [-0.4, -0.2) is 28.0 Å². The van der Waals surface area contributed by atoms with Crippen LogP contribution < -0.4 is 15.6 Å². The predicted octanol–water partition coefficient (Wildman–Crippen LogP) is 2.90. The summed E-state index contributed by atoms with van der Waals surface area (Å²) in [5, 5.41) is 3.01. The Labute approximate surface area is 169 Å². The smallest absolute Gasteiger partial charge is 0.251 e. The van der Waals surface area contributed by atoms with Crippen molar-refractivity contribution in [1.29, 1.82) is 0 Å². The first-order valence-corrected chi connectivity index (χ1v) is 9.40. The second kappa shape index (κ2) is 9.14. The van der Waals surface area contributed by atoms with E-state index in [-0.39, 0.29) is 23.8 Å². The maximum Gasteiger partial charge on any atom is 0.251 e. The average molecular weight is 392 g/mol. The van der Waals surface area contributed by atoms with Gasteiger partial charge in [0.15, 0.2) is 0 Å². The first kappa shape index (κ1) is 20.3. The lowest BCUT2D eigenvalue weighted by atomic mass is 9.99. The highest BCUT2D eigenvalue weighted by Crippen LogP contribution is 2.21. The normalized spacial score (nSPS) is 11.9. The third kappa shape index (κ3) is 5.28. The minimum Gasteiger partial charge on any atom is -0.497 e. The van der Waals surface area contributed by atoms with Crippen LogP contribution in [0.15, 0.2) is 59.7 Å². The minimum atomic E-state index is -0.390. The highest BCUT2D eigenvalue weighted by Gasteiger charge is 2.21. The summed E-state index contributed by atoms with van der Waals surface area (Å²) in [4.78, 5) is 36.2. The Hall–Kier alpha value is -3.48. The molecule has 0 spiro atoms. The summed E-state index contributed by atoms with van der Waals surface area (Å²) in [6, 6.07) is 12.0. The van der Waals surface area contributed by atoms with E-state index in [0.717, 1.165) is 11.3 Å². The molecule has 3 aromatic rings. The van der Waals surface area contributed by atoms with Crippen molar-refractivity contribution in [3.63, 3.8) is 0 Å². The van der Waals surface area contributed by atoms with Gasteiger partial charge in [-0.15, -0.1) is 0 Å². The molecule has 29 heavy (non-hydrogen) atoms. The zero-order chi connectivity index (χ0) is 20.8. The number of rotatable bonds is 7. The summed E-state index contributed by atoms with van der Waals surface area (Å²) < 4.78 is 5.14. The van der Waals surface area contributed by atoms with E-state index in [2.05, 4.69) is 20.3 Å². The van der Waals surface area contributed by atoms with Crippen molar-refractivity contribution in [2.24, 2.45) is 5.92 Å². The Balaban J connectivity index is 1.81. The second-order valence-electron chi connectivity index (χ2n) is 7.07. The molecular weight excluding hydrogens is 368 g/mol. The van der Waals surface area contributed by atoms with Crippen LogP contribution >= 0.6 is 0 Å². The Morgan fingerprint density at radius 2 is 1.97 bits per heavy atom. The van der Waals surface area contributed by atoms with Gasteiger partial charge in [0.1, 0.15) is 11.6 Å². The number of benzene rings is 1. The number of methoxy groups -OCH3 is 1. The fraction of sp³-hybridized carbons (Fsp3) is 0.273. The summed E-state index contributed by atoms with van der Waals surface area (Å²) in [5.41, 5.74) is 1.83. The maximum absolute atomic E-state index is 12.6. The zero-order valence-corrected chi connectivity index (χ0v) is 16.7. The first-order valence-electron chi connectivity index (χ1n) is 9.40. The zero-order valence-electron chi connectivity index (χ0n) is 16.7. The van der Waals surface area contributed by atoms with E-state index >= 15 is 0 Å². The average Bonchev–Trinajstić information content (AvgIpc) is 2.72. The van der Waals surface area contributed by atoms with Crippen molar-refractivity contribution >= 4 is 5.91 Å². The number of aromatic amines is 1. The number of nitrogens with one attached hydrogen (secondary N) is 2. The van der Waals surface area contributed by atoms with Gasteiger partial charge in [0, 0.05) is 24.0 Å². The van der Waals surface area contributed by atoms with Gasteiger partial charge in [0.05, 0.1) is 25.3 Å². The largest absolute Gasteiger partial charge is 0.497 e. The molecule has 7 heteroatoms. The molecule has 2 aromatic heterocycles. The van der Waals surface area contributed by atoms with Crippen LogP contribution in [0.25, 0.3) is 11.4 Å². The minimum absolute atomic E-state index is 0.0471. The van der Waals surface area contributed by atoms with E-state index < -0.39 is 6.04 Å². The van der Waals surface area contributed by atoms with E-state index in [1.807, 2.05) is 44.2 Å². The molecule has 0 saturated carbocycles. The quantitative estimate of drug-likeness (QED) is 0.644. The van der Waals surface area contributed by atoms with Crippen LogP contribution in [-0.2, 0) is 11.2 Å². The van der Waals surface area contributed by atoms with E-state index in [1.165, 1.54) is 6.07 Å². The monoisotopic (exact) mass is 392 g/mol. The van der Waals surface area contributed by atoms with Gasteiger partial charge in [-0.25, -0.2) is 4.98 Å². The molecule has 0 aliphatic heterocycles. The third-order valence-corrected chi connectivity index (χ3v) is 4.52. The summed E-state index contributed by atoms with van der Waals surface area (Å²) in [6.45, 7) is 3.95. The van der Waals surface area contributed by atoms with Crippen LogP contribution in [0.2, 0.25) is 0 Å². The molecule has 0 aliphatic carbocycles. The number of ether oxygens (including phenoxy) is 1. The van der Waals surface area contributed by atoms with Gasteiger partial charge in [-0.2, -0.15) is 0 Å². The molecule has 0 fully saturated rings. The molecule has 2 heterocycles. The Bertz CT molecular complexity index is 1010. The number of amides is 1. The fourth-order valence-electron chi connectivity index (χ4n) is 3.01. The summed E-state index contributed by atoms with van der Waals surface area (Å²) in [6.07, 6.45) is 3.52. The summed E-state index contributed by atoms with van der Waals surface area (Å²) in [5.74, 6) is 1.07. The number of aromatic nitrogens is 3. The Morgan fingerprint density at radius 1 is 1.21 bits per heavy atom. The SMILES string of the molecule is COc1ccc(CC(=O)N[C@@H](c2cc(=O)[nH]c(-c3cccnc3)n2)C(C)C)cc1. The molecule has 0 aliphatic rings. The van der Waals surface area contributed by atoms with Crippen LogP contribution in [0.5, 0.6) is 5.75 Å². The molecule has 1 amide bonds. The maximum atomic E-state index is 12.6. The first-order chi connectivity index (χ1) is 14.0. The molecular formula is C22H24N4O3. The van der Waals surface area contributed by atoms with Gasteiger partial charge < -0.3 is 15.0 Å².